The van der Waals surface area contributed by atoms with Crippen molar-refractivity contribution in [1.82, 2.24) is 0 Å². The Morgan fingerprint density at radius 2 is 1.95 bits per heavy atom. The molecule has 0 radical (unpaired) electrons. The summed E-state index contributed by atoms with van der Waals surface area (Å²) in [4.78, 5) is 12.1. The molecule has 0 aliphatic carbocycles. The van der Waals surface area contributed by atoms with Crippen LogP contribution in [0.1, 0.15) is 15.9 Å². The van der Waals surface area contributed by atoms with Crippen molar-refractivity contribution in [1.29, 1.82) is 0 Å². The van der Waals surface area contributed by atoms with Crippen molar-refractivity contribution >= 4 is 44.9 Å². The molecule has 0 spiro atoms. The zero-order chi connectivity index (χ0) is 14.0. The lowest BCUT2D eigenvalue weighted by Crippen LogP contribution is -2.04. The van der Waals surface area contributed by atoms with E-state index in [1.807, 2.05) is 0 Å². The molecule has 2 aromatic rings. The first kappa shape index (κ1) is 14.5. The number of ketones is 1. The van der Waals surface area contributed by atoms with Crippen LogP contribution in [0.5, 0.6) is 0 Å². The van der Waals surface area contributed by atoms with Crippen LogP contribution in [0, 0.1) is 5.82 Å². The molecule has 5 heteroatoms. The third-order valence-electron chi connectivity index (χ3n) is 2.57. The van der Waals surface area contributed by atoms with Crippen molar-refractivity contribution in [3.63, 3.8) is 0 Å². The Morgan fingerprint density at radius 1 is 1.21 bits per heavy atom. The van der Waals surface area contributed by atoms with Gasteiger partial charge in [-0.1, -0.05) is 51.3 Å². The summed E-state index contributed by atoms with van der Waals surface area (Å²) in [7, 11) is 0. The van der Waals surface area contributed by atoms with Crippen molar-refractivity contribution in [2.75, 3.05) is 0 Å². The molecule has 0 aliphatic rings. The molecule has 0 amide bonds. The summed E-state index contributed by atoms with van der Waals surface area (Å²) >= 11 is 15.1. The number of rotatable bonds is 3. The average molecular weight is 362 g/mol. The second-order valence-corrected chi connectivity index (χ2v) is 5.67. The van der Waals surface area contributed by atoms with Crippen molar-refractivity contribution in [3.05, 3.63) is 67.9 Å². The molecule has 0 N–H and O–H groups in total. The lowest BCUT2D eigenvalue weighted by atomic mass is 10.0. The molecule has 0 saturated carbocycles. The first-order valence-corrected chi connectivity index (χ1v) is 6.94. The van der Waals surface area contributed by atoms with E-state index in [-0.39, 0.29) is 12.2 Å². The highest BCUT2D eigenvalue weighted by Gasteiger charge is 2.12. The van der Waals surface area contributed by atoms with Crippen LogP contribution in [0.4, 0.5) is 4.39 Å². The van der Waals surface area contributed by atoms with Crippen molar-refractivity contribution in [3.8, 4) is 0 Å². The van der Waals surface area contributed by atoms with Gasteiger partial charge in [0, 0.05) is 16.5 Å². The van der Waals surface area contributed by atoms with Crippen LogP contribution in [0.15, 0.2) is 40.9 Å². The lowest BCUT2D eigenvalue weighted by Gasteiger charge is -2.06. The van der Waals surface area contributed by atoms with Crippen molar-refractivity contribution in [2.24, 2.45) is 0 Å². The van der Waals surface area contributed by atoms with Gasteiger partial charge in [0.25, 0.3) is 0 Å². The molecular formula is C14H8BrCl2FO. The van der Waals surface area contributed by atoms with Gasteiger partial charge in [0.1, 0.15) is 5.82 Å². The topological polar surface area (TPSA) is 17.1 Å². The quantitative estimate of drug-likeness (QED) is 0.676. The summed E-state index contributed by atoms with van der Waals surface area (Å²) < 4.78 is 13.8. The number of halogens is 4. The molecule has 19 heavy (non-hydrogen) atoms. The first-order valence-electron chi connectivity index (χ1n) is 5.39. The summed E-state index contributed by atoms with van der Waals surface area (Å²) in [6, 6.07) is 9.16. The van der Waals surface area contributed by atoms with Gasteiger partial charge < -0.3 is 0 Å². The maximum absolute atomic E-state index is 13.2. The zero-order valence-electron chi connectivity index (χ0n) is 9.59. The molecule has 0 atom stereocenters. The van der Waals surface area contributed by atoms with E-state index in [1.165, 1.54) is 12.1 Å². The third-order valence-corrected chi connectivity index (χ3v) is 3.88. The van der Waals surface area contributed by atoms with Crippen molar-refractivity contribution in [2.45, 2.75) is 6.42 Å². The Balaban J connectivity index is 2.28. The van der Waals surface area contributed by atoms with Gasteiger partial charge in [-0.3, -0.25) is 4.79 Å². The first-order chi connectivity index (χ1) is 8.97. The van der Waals surface area contributed by atoms with E-state index in [0.29, 0.717) is 25.6 Å². The molecule has 2 rings (SSSR count). The molecule has 2 aromatic carbocycles. The Kier molecular flexibility index (Phi) is 4.61. The van der Waals surface area contributed by atoms with Gasteiger partial charge in [0.2, 0.25) is 0 Å². The van der Waals surface area contributed by atoms with Gasteiger partial charge in [0.15, 0.2) is 5.78 Å². The maximum atomic E-state index is 13.2. The van der Waals surface area contributed by atoms with Gasteiger partial charge in [0.05, 0.1) is 10.0 Å². The van der Waals surface area contributed by atoms with Gasteiger partial charge in [-0.05, 0) is 29.8 Å². The maximum Gasteiger partial charge on any atom is 0.167 e. The van der Waals surface area contributed by atoms with E-state index in [2.05, 4.69) is 15.9 Å². The summed E-state index contributed by atoms with van der Waals surface area (Å²) in [6.45, 7) is 0. The van der Waals surface area contributed by atoms with E-state index >= 15 is 0 Å². The Morgan fingerprint density at radius 3 is 2.63 bits per heavy atom. The Labute approximate surface area is 128 Å². The fourth-order valence-corrected chi connectivity index (χ4v) is 2.53. The smallest absolute Gasteiger partial charge is 0.167 e. The van der Waals surface area contributed by atoms with Gasteiger partial charge >= 0.3 is 0 Å². The van der Waals surface area contributed by atoms with Crippen LogP contribution in [-0.2, 0) is 6.42 Å². The highest BCUT2D eigenvalue weighted by molar-refractivity contribution is 9.10. The molecule has 0 heterocycles. The number of hydrogen-bond donors (Lipinski definition) is 0. The molecule has 0 unspecified atom stereocenters. The van der Waals surface area contributed by atoms with Crippen LogP contribution < -0.4 is 0 Å². The molecule has 0 saturated heterocycles. The summed E-state index contributed by atoms with van der Waals surface area (Å²) in [5, 5.41) is 0.750. The number of hydrogen-bond acceptors (Lipinski definition) is 1. The highest BCUT2D eigenvalue weighted by atomic mass is 79.9. The van der Waals surface area contributed by atoms with Crippen LogP contribution >= 0.6 is 39.1 Å². The van der Waals surface area contributed by atoms with E-state index in [9.17, 15) is 9.18 Å². The molecule has 1 nitrogen and oxygen atoms in total. The molecule has 98 valence electrons. The van der Waals surface area contributed by atoms with Gasteiger partial charge in [-0.25, -0.2) is 4.39 Å². The number of Topliss-reactive ketones (excluding diaryl/α,β-unsaturated/α-hetero) is 1. The normalized spacial score (nSPS) is 10.5. The number of carbonyl (C=O) groups excluding carboxylic acids is 1. The Hall–Kier alpha value is -0.900. The standard InChI is InChI=1S/C14H8BrCl2FO/c15-10-4-9(5-11(18)7-10)13(19)6-8-2-1-3-12(16)14(8)17/h1-5,7H,6H2. The Bertz CT molecular complexity index is 623. The molecule has 0 aromatic heterocycles. The van der Waals surface area contributed by atoms with E-state index < -0.39 is 5.82 Å². The van der Waals surface area contributed by atoms with E-state index in [0.717, 1.165) is 0 Å². The molecule has 0 fully saturated rings. The second-order valence-electron chi connectivity index (χ2n) is 3.97. The zero-order valence-corrected chi connectivity index (χ0v) is 12.7. The van der Waals surface area contributed by atoms with Crippen LogP contribution in [0.3, 0.4) is 0 Å². The SMILES string of the molecule is O=C(Cc1cccc(Cl)c1Cl)c1cc(F)cc(Br)c1. The third kappa shape index (κ3) is 3.56. The minimum atomic E-state index is -0.463. The van der Waals surface area contributed by atoms with Gasteiger partial charge in [-0.15, -0.1) is 0 Å². The van der Waals surface area contributed by atoms with Crippen molar-refractivity contribution < 1.29 is 9.18 Å². The van der Waals surface area contributed by atoms with E-state index in [4.69, 9.17) is 23.2 Å². The number of carbonyl (C=O) groups is 1. The van der Waals surface area contributed by atoms with Crippen LogP contribution in [0.2, 0.25) is 10.0 Å². The summed E-state index contributed by atoms with van der Waals surface area (Å²) in [5.74, 6) is -0.681. The fourth-order valence-electron chi connectivity index (χ4n) is 1.67. The number of benzene rings is 2. The monoisotopic (exact) mass is 360 g/mol. The minimum absolute atomic E-state index is 0.0787. The largest absolute Gasteiger partial charge is 0.294 e. The summed E-state index contributed by atoms with van der Waals surface area (Å²) in [6.07, 6.45) is 0.0787. The van der Waals surface area contributed by atoms with Crippen LogP contribution in [0.25, 0.3) is 0 Å². The molecule has 0 aliphatic heterocycles. The predicted molar refractivity (Wildman–Crippen MR) is 78.6 cm³/mol. The molecular weight excluding hydrogens is 354 g/mol. The van der Waals surface area contributed by atoms with E-state index in [1.54, 1.807) is 24.3 Å². The highest BCUT2D eigenvalue weighted by Crippen LogP contribution is 2.27. The fraction of sp³-hybridized carbons (Fsp3) is 0.0714. The average Bonchev–Trinajstić information content (AvgIpc) is 2.33. The van der Waals surface area contributed by atoms with Gasteiger partial charge in [-0.2, -0.15) is 0 Å². The molecule has 0 bridgehead atoms. The van der Waals surface area contributed by atoms with Crippen LogP contribution in [-0.4, -0.2) is 5.78 Å². The summed E-state index contributed by atoms with van der Waals surface area (Å²) in [5.41, 5.74) is 0.919. The predicted octanol–water partition coefficient (Wildman–Crippen LogP) is 5.32. The lowest BCUT2D eigenvalue weighted by molar-refractivity contribution is 0.0992. The second kappa shape index (κ2) is 6.04. The minimum Gasteiger partial charge on any atom is -0.294 e.